The third-order valence-corrected chi connectivity index (χ3v) is 2.01. The lowest BCUT2D eigenvalue weighted by Gasteiger charge is -2.25. The summed E-state index contributed by atoms with van der Waals surface area (Å²) in [6, 6.07) is 0. The molecule has 0 fully saturated rings. The van der Waals surface area contributed by atoms with E-state index >= 15 is 0 Å². The van der Waals surface area contributed by atoms with Gasteiger partial charge in [-0.15, -0.1) is 0 Å². The summed E-state index contributed by atoms with van der Waals surface area (Å²) in [7, 11) is 0. The van der Waals surface area contributed by atoms with Gasteiger partial charge in [0.05, 0.1) is 0 Å². The monoisotopic (exact) mass is 114 g/mol. The van der Waals surface area contributed by atoms with Crippen molar-refractivity contribution in [1.29, 1.82) is 0 Å². The van der Waals surface area contributed by atoms with Crippen LogP contribution in [0.25, 0.3) is 0 Å². The minimum Gasteiger partial charge on any atom is -0.251 e. The van der Waals surface area contributed by atoms with E-state index in [1.807, 2.05) is 6.92 Å². The summed E-state index contributed by atoms with van der Waals surface area (Å²) in [4.78, 5) is 0. The van der Waals surface area contributed by atoms with Crippen LogP contribution in [0.15, 0.2) is 0 Å². The fourth-order valence-electron chi connectivity index (χ4n) is 0.408. The zero-order valence-corrected chi connectivity index (χ0v) is 6.28. The molecule has 0 aromatic heterocycles. The number of nitrogens with one attached hydrogen (secondary N) is 1. The number of hydrogen-bond donors (Lipinski definition) is 0. The molecular formula is C7H16N. The van der Waals surface area contributed by atoms with Crippen LogP contribution in [0.3, 0.4) is 0 Å². The summed E-state index contributed by atoms with van der Waals surface area (Å²) in [6.45, 7) is 8.23. The molecule has 0 bridgehead atoms. The molecule has 49 valence electrons. The van der Waals surface area contributed by atoms with Gasteiger partial charge in [-0.3, -0.25) is 5.73 Å². The SMILES string of the molecule is CCC(C)([NH])C(C)C. The first-order chi connectivity index (χ1) is 3.50. The van der Waals surface area contributed by atoms with Crippen LogP contribution >= 0.6 is 0 Å². The maximum atomic E-state index is 7.63. The molecule has 0 rings (SSSR count). The Hall–Kier alpha value is -0.0400. The van der Waals surface area contributed by atoms with Gasteiger partial charge < -0.3 is 0 Å². The van der Waals surface area contributed by atoms with E-state index in [1.165, 1.54) is 0 Å². The van der Waals surface area contributed by atoms with E-state index in [2.05, 4.69) is 20.8 Å². The Labute approximate surface area is 52.3 Å². The van der Waals surface area contributed by atoms with Crippen LogP contribution in [0, 0.1) is 5.92 Å². The summed E-state index contributed by atoms with van der Waals surface area (Å²) in [6.07, 6.45) is 0.949. The molecule has 0 aromatic carbocycles. The molecule has 1 radical (unpaired) electrons. The van der Waals surface area contributed by atoms with Crippen LogP contribution < -0.4 is 5.73 Å². The van der Waals surface area contributed by atoms with Gasteiger partial charge in [-0.05, 0) is 19.3 Å². The van der Waals surface area contributed by atoms with E-state index in [4.69, 9.17) is 5.73 Å². The molecule has 0 spiro atoms. The van der Waals surface area contributed by atoms with Crippen molar-refractivity contribution in [2.45, 2.75) is 39.7 Å². The van der Waals surface area contributed by atoms with Gasteiger partial charge >= 0.3 is 0 Å². The molecule has 1 atom stereocenters. The van der Waals surface area contributed by atoms with Gasteiger partial charge in [-0.2, -0.15) is 0 Å². The van der Waals surface area contributed by atoms with Crippen LogP contribution in [0.5, 0.6) is 0 Å². The highest BCUT2D eigenvalue weighted by Crippen LogP contribution is 2.17. The molecule has 1 N–H and O–H groups in total. The second kappa shape index (κ2) is 2.49. The Balaban J connectivity index is 3.71. The van der Waals surface area contributed by atoms with Crippen LogP contribution in [0.1, 0.15) is 34.1 Å². The Morgan fingerprint density at radius 1 is 1.50 bits per heavy atom. The molecule has 0 saturated carbocycles. The van der Waals surface area contributed by atoms with Gasteiger partial charge in [0.2, 0.25) is 0 Å². The normalized spacial score (nSPS) is 18.8. The highest BCUT2D eigenvalue weighted by Gasteiger charge is 2.20. The van der Waals surface area contributed by atoms with Crippen LogP contribution in [0.2, 0.25) is 0 Å². The lowest BCUT2D eigenvalue weighted by molar-refractivity contribution is 0.317. The molecule has 0 aliphatic carbocycles. The van der Waals surface area contributed by atoms with E-state index in [-0.39, 0.29) is 5.54 Å². The van der Waals surface area contributed by atoms with Crippen molar-refractivity contribution >= 4 is 0 Å². The summed E-state index contributed by atoms with van der Waals surface area (Å²) >= 11 is 0. The van der Waals surface area contributed by atoms with Gasteiger partial charge in [-0.25, -0.2) is 0 Å². The van der Waals surface area contributed by atoms with Gasteiger partial charge in [0, 0.05) is 5.54 Å². The summed E-state index contributed by atoms with van der Waals surface area (Å²) in [5.74, 6) is 0.479. The largest absolute Gasteiger partial charge is 0.251 e. The van der Waals surface area contributed by atoms with Crippen molar-refractivity contribution in [3.8, 4) is 0 Å². The molecule has 0 aliphatic rings. The molecule has 0 amide bonds. The first-order valence-electron chi connectivity index (χ1n) is 3.25. The summed E-state index contributed by atoms with van der Waals surface area (Å²) in [5.41, 5.74) is 7.42. The summed E-state index contributed by atoms with van der Waals surface area (Å²) < 4.78 is 0. The minimum atomic E-state index is -0.208. The second-order valence-corrected chi connectivity index (χ2v) is 2.93. The Morgan fingerprint density at radius 3 is 1.88 bits per heavy atom. The van der Waals surface area contributed by atoms with Crippen LogP contribution in [0.4, 0.5) is 0 Å². The highest BCUT2D eigenvalue weighted by atomic mass is 14.7. The molecule has 0 aliphatic heterocycles. The van der Waals surface area contributed by atoms with Crippen molar-refractivity contribution in [2.24, 2.45) is 5.92 Å². The lowest BCUT2D eigenvalue weighted by atomic mass is 9.87. The van der Waals surface area contributed by atoms with E-state index in [9.17, 15) is 0 Å². The van der Waals surface area contributed by atoms with Crippen molar-refractivity contribution in [3.63, 3.8) is 0 Å². The van der Waals surface area contributed by atoms with Crippen molar-refractivity contribution < 1.29 is 0 Å². The van der Waals surface area contributed by atoms with Gasteiger partial charge in [-0.1, -0.05) is 20.8 Å². The topological polar surface area (TPSA) is 23.8 Å². The van der Waals surface area contributed by atoms with Crippen LogP contribution in [-0.2, 0) is 0 Å². The third kappa shape index (κ3) is 1.83. The Kier molecular flexibility index (Phi) is 2.48. The fraction of sp³-hybridized carbons (Fsp3) is 1.00. The lowest BCUT2D eigenvalue weighted by Crippen LogP contribution is -2.31. The molecule has 0 aromatic rings. The average molecular weight is 114 g/mol. The molecule has 1 nitrogen and oxygen atoms in total. The van der Waals surface area contributed by atoms with E-state index in [1.54, 1.807) is 0 Å². The third-order valence-electron chi connectivity index (χ3n) is 2.01. The Bertz CT molecular complexity index is 64.8. The smallest absolute Gasteiger partial charge is 0.0316 e. The first-order valence-corrected chi connectivity index (χ1v) is 3.25. The molecule has 0 heterocycles. The van der Waals surface area contributed by atoms with Gasteiger partial charge in [0.25, 0.3) is 0 Å². The van der Waals surface area contributed by atoms with Crippen molar-refractivity contribution in [1.82, 2.24) is 5.73 Å². The molecule has 1 unspecified atom stereocenters. The molecule has 1 heteroatoms. The van der Waals surface area contributed by atoms with Crippen molar-refractivity contribution in [2.75, 3.05) is 0 Å². The van der Waals surface area contributed by atoms with Gasteiger partial charge in [0.15, 0.2) is 0 Å². The van der Waals surface area contributed by atoms with E-state index in [0.29, 0.717) is 5.92 Å². The number of rotatable bonds is 2. The maximum Gasteiger partial charge on any atom is 0.0316 e. The standard InChI is InChI=1S/C7H16N/c1-5-7(4,8)6(2)3/h6,8H,5H2,1-4H3. The van der Waals surface area contributed by atoms with E-state index < -0.39 is 0 Å². The average Bonchev–Trinajstić information content (AvgIpc) is 1.67. The highest BCUT2D eigenvalue weighted by molar-refractivity contribution is 4.78. The number of hydrogen-bond acceptors (Lipinski definition) is 0. The molecule has 8 heavy (non-hydrogen) atoms. The Morgan fingerprint density at radius 2 is 1.88 bits per heavy atom. The molecular weight excluding hydrogens is 98.1 g/mol. The zero-order chi connectivity index (χ0) is 6.78. The van der Waals surface area contributed by atoms with Crippen LogP contribution in [-0.4, -0.2) is 5.54 Å². The quantitative estimate of drug-likeness (QED) is 0.525. The predicted molar refractivity (Wildman–Crippen MR) is 36.6 cm³/mol. The first kappa shape index (κ1) is 7.96. The van der Waals surface area contributed by atoms with E-state index in [0.717, 1.165) is 6.42 Å². The predicted octanol–water partition coefficient (Wildman–Crippen LogP) is 2.09. The molecule has 0 saturated heterocycles. The zero-order valence-electron chi connectivity index (χ0n) is 6.28. The minimum absolute atomic E-state index is 0.208. The summed E-state index contributed by atoms with van der Waals surface area (Å²) in [5, 5.41) is 0. The fourth-order valence-corrected chi connectivity index (χ4v) is 0.408. The second-order valence-electron chi connectivity index (χ2n) is 2.93. The van der Waals surface area contributed by atoms with Crippen molar-refractivity contribution in [3.05, 3.63) is 0 Å². The maximum absolute atomic E-state index is 7.63. The van der Waals surface area contributed by atoms with Gasteiger partial charge in [0.1, 0.15) is 0 Å².